The molecular weight excluding hydrogens is 237 g/mol. The summed E-state index contributed by atoms with van der Waals surface area (Å²) in [6, 6.07) is -0.698. The number of hydrogen-bond acceptors (Lipinski definition) is 4. The number of aromatic nitrogens is 2. The van der Waals surface area contributed by atoms with Gasteiger partial charge in [-0.25, -0.2) is 19.2 Å². The average Bonchev–Trinajstić information content (AvgIpc) is 2.58. The topological polar surface area (TPSA) is 66.3 Å². The van der Waals surface area contributed by atoms with Crippen molar-refractivity contribution in [2.24, 2.45) is 0 Å². The molecule has 0 aliphatic carbocycles. The van der Waals surface area contributed by atoms with Gasteiger partial charge in [0, 0.05) is 6.54 Å². The quantitative estimate of drug-likeness (QED) is 0.869. The zero-order chi connectivity index (χ0) is 13.1. The van der Waals surface area contributed by atoms with E-state index in [-0.39, 0.29) is 11.5 Å². The van der Waals surface area contributed by atoms with Gasteiger partial charge in [-0.1, -0.05) is 12.8 Å². The highest BCUT2D eigenvalue weighted by Crippen LogP contribution is 2.25. The maximum absolute atomic E-state index is 14.0. The number of carbonyl (C=O) groups is 1. The molecule has 0 bridgehead atoms. The van der Waals surface area contributed by atoms with E-state index < -0.39 is 17.8 Å². The molecule has 2 rings (SSSR count). The standard InChI is InChI=1S/C12H16FN3O2/c1-8-10(13)11(15-7-14-8)16-6-4-2-3-5-9(16)12(17)18/h7,9H,2-6H2,1H3,(H,17,18). The van der Waals surface area contributed by atoms with Gasteiger partial charge < -0.3 is 10.0 Å². The number of aryl methyl sites for hydroxylation is 1. The number of carboxylic acids is 1. The highest BCUT2D eigenvalue weighted by atomic mass is 19.1. The molecule has 1 atom stereocenters. The van der Waals surface area contributed by atoms with E-state index in [1.807, 2.05) is 0 Å². The predicted molar refractivity (Wildman–Crippen MR) is 64.0 cm³/mol. The SMILES string of the molecule is Cc1ncnc(N2CCCCCC2C(=O)O)c1F. The Labute approximate surface area is 105 Å². The molecule has 0 amide bonds. The van der Waals surface area contributed by atoms with Crippen LogP contribution in [0.5, 0.6) is 0 Å². The summed E-state index contributed by atoms with van der Waals surface area (Å²) in [5, 5.41) is 9.25. The van der Waals surface area contributed by atoms with Crippen molar-refractivity contribution >= 4 is 11.8 Å². The number of nitrogens with zero attached hydrogens (tertiary/aromatic N) is 3. The van der Waals surface area contributed by atoms with Crippen LogP contribution in [0.3, 0.4) is 0 Å². The van der Waals surface area contributed by atoms with Gasteiger partial charge in [-0.2, -0.15) is 0 Å². The summed E-state index contributed by atoms with van der Waals surface area (Å²) >= 11 is 0. The van der Waals surface area contributed by atoms with E-state index >= 15 is 0 Å². The Kier molecular flexibility index (Phi) is 3.74. The molecule has 1 fully saturated rings. The van der Waals surface area contributed by atoms with Crippen molar-refractivity contribution < 1.29 is 14.3 Å². The third-order valence-corrected chi connectivity index (χ3v) is 3.26. The van der Waals surface area contributed by atoms with Crippen molar-refractivity contribution in [3.63, 3.8) is 0 Å². The molecule has 0 radical (unpaired) electrons. The fourth-order valence-electron chi connectivity index (χ4n) is 2.26. The molecule has 1 aliphatic heterocycles. The second kappa shape index (κ2) is 5.29. The maximum Gasteiger partial charge on any atom is 0.326 e. The first-order valence-electron chi connectivity index (χ1n) is 6.08. The lowest BCUT2D eigenvalue weighted by molar-refractivity contribution is -0.138. The Balaban J connectivity index is 2.38. The van der Waals surface area contributed by atoms with E-state index in [0.29, 0.717) is 13.0 Å². The molecule has 98 valence electrons. The van der Waals surface area contributed by atoms with Crippen LogP contribution >= 0.6 is 0 Å². The number of anilines is 1. The van der Waals surface area contributed by atoms with Gasteiger partial charge in [0.05, 0.1) is 5.69 Å². The zero-order valence-corrected chi connectivity index (χ0v) is 10.3. The molecule has 5 nitrogen and oxygen atoms in total. The third-order valence-electron chi connectivity index (χ3n) is 3.26. The van der Waals surface area contributed by atoms with Crippen molar-refractivity contribution in [2.75, 3.05) is 11.4 Å². The Morgan fingerprint density at radius 1 is 1.44 bits per heavy atom. The fraction of sp³-hybridized carbons (Fsp3) is 0.583. The van der Waals surface area contributed by atoms with Crippen LogP contribution in [0.25, 0.3) is 0 Å². The van der Waals surface area contributed by atoms with E-state index in [9.17, 15) is 14.3 Å². The molecule has 1 aliphatic rings. The Morgan fingerprint density at radius 3 is 2.94 bits per heavy atom. The van der Waals surface area contributed by atoms with Gasteiger partial charge >= 0.3 is 5.97 Å². The van der Waals surface area contributed by atoms with Crippen molar-refractivity contribution in [3.05, 3.63) is 17.8 Å². The van der Waals surface area contributed by atoms with Crippen molar-refractivity contribution in [1.29, 1.82) is 0 Å². The molecule has 2 heterocycles. The first-order chi connectivity index (χ1) is 8.61. The van der Waals surface area contributed by atoms with Gasteiger partial charge in [0.1, 0.15) is 12.4 Å². The van der Waals surface area contributed by atoms with E-state index in [1.54, 1.807) is 11.8 Å². The minimum absolute atomic E-state index is 0.108. The number of halogens is 1. The van der Waals surface area contributed by atoms with Gasteiger partial charge in [0.25, 0.3) is 0 Å². The molecule has 1 N–H and O–H groups in total. The number of aliphatic carboxylic acids is 1. The second-order valence-corrected chi connectivity index (χ2v) is 4.49. The van der Waals surface area contributed by atoms with Crippen LogP contribution in [-0.4, -0.2) is 33.6 Å². The molecule has 18 heavy (non-hydrogen) atoms. The average molecular weight is 253 g/mol. The fourth-order valence-corrected chi connectivity index (χ4v) is 2.26. The second-order valence-electron chi connectivity index (χ2n) is 4.49. The summed E-state index contributed by atoms with van der Waals surface area (Å²) in [6.07, 6.45) is 4.47. The molecule has 1 saturated heterocycles. The van der Waals surface area contributed by atoms with Gasteiger partial charge in [-0.05, 0) is 19.8 Å². The highest BCUT2D eigenvalue weighted by Gasteiger charge is 2.30. The Bertz CT molecular complexity index is 453. The summed E-state index contributed by atoms with van der Waals surface area (Å²) in [4.78, 5) is 20.5. The number of rotatable bonds is 2. The van der Waals surface area contributed by atoms with Crippen LogP contribution in [0.15, 0.2) is 6.33 Å². The Morgan fingerprint density at radius 2 is 2.22 bits per heavy atom. The molecule has 0 saturated carbocycles. The summed E-state index contributed by atoms with van der Waals surface area (Å²) < 4.78 is 14.0. The number of hydrogen-bond donors (Lipinski definition) is 1. The lowest BCUT2D eigenvalue weighted by atomic mass is 10.1. The van der Waals surface area contributed by atoms with Gasteiger partial charge in [-0.3, -0.25) is 0 Å². The molecular formula is C12H16FN3O2. The maximum atomic E-state index is 14.0. The number of carboxylic acid groups (broad SMARTS) is 1. The lowest BCUT2D eigenvalue weighted by Gasteiger charge is -2.28. The van der Waals surface area contributed by atoms with Crippen molar-refractivity contribution in [2.45, 2.75) is 38.6 Å². The summed E-state index contributed by atoms with van der Waals surface area (Å²) in [7, 11) is 0. The van der Waals surface area contributed by atoms with Crippen molar-refractivity contribution in [1.82, 2.24) is 9.97 Å². The molecule has 0 spiro atoms. The van der Waals surface area contributed by atoms with Gasteiger partial charge in [-0.15, -0.1) is 0 Å². The lowest BCUT2D eigenvalue weighted by Crippen LogP contribution is -2.42. The van der Waals surface area contributed by atoms with E-state index in [1.165, 1.54) is 6.33 Å². The van der Waals surface area contributed by atoms with Crippen LogP contribution in [-0.2, 0) is 4.79 Å². The van der Waals surface area contributed by atoms with E-state index in [0.717, 1.165) is 19.3 Å². The monoisotopic (exact) mass is 253 g/mol. The van der Waals surface area contributed by atoms with Crippen LogP contribution in [0.1, 0.15) is 31.4 Å². The molecule has 0 aromatic carbocycles. The normalized spacial score (nSPS) is 20.6. The summed E-state index contributed by atoms with van der Waals surface area (Å²) in [5.41, 5.74) is 0.244. The van der Waals surface area contributed by atoms with Crippen LogP contribution in [0.2, 0.25) is 0 Å². The molecule has 1 aromatic rings. The smallest absolute Gasteiger partial charge is 0.326 e. The molecule has 1 aromatic heterocycles. The van der Waals surface area contributed by atoms with Crippen LogP contribution in [0, 0.1) is 12.7 Å². The molecule has 1 unspecified atom stereocenters. The van der Waals surface area contributed by atoms with Gasteiger partial charge in [0.2, 0.25) is 0 Å². The van der Waals surface area contributed by atoms with Crippen LogP contribution < -0.4 is 4.90 Å². The van der Waals surface area contributed by atoms with Gasteiger partial charge in [0.15, 0.2) is 11.6 Å². The summed E-state index contributed by atoms with van der Waals surface area (Å²) in [5.74, 6) is -1.34. The van der Waals surface area contributed by atoms with Crippen molar-refractivity contribution in [3.8, 4) is 0 Å². The first-order valence-corrected chi connectivity index (χ1v) is 6.08. The van der Waals surface area contributed by atoms with E-state index in [2.05, 4.69) is 9.97 Å². The minimum atomic E-state index is -0.924. The largest absolute Gasteiger partial charge is 0.480 e. The van der Waals surface area contributed by atoms with Crippen LogP contribution in [0.4, 0.5) is 10.2 Å². The highest BCUT2D eigenvalue weighted by molar-refractivity contribution is 5.77. The summed E-state index contributed by atoms with van der Waals surface area (Å²) in [6.45, 7) is 2.07. The third kappa shape index (κ3) is 2.42. The Hall–Kier alpha value is -1.72. The first kappa shape index (κ1) is 12.7. The van der Waals surface area contributed by atoms with E-state index in [4.69, 9.17) is 0 Å². The minimum Gasteiger partial charge on any atom is -0.480 e. The predicted octanol–water partition coefficient (Wildman–Crippen LogP) is 1.76. The zero-order valence-electron chi connectivity index (χ0n) is 10.3. The molecule has 6 heteroatoms.